The van der Waals surface area contributed by atoms with Gasteiger partial charge in [-0.2, -0.15) is 5.10 Å². The van der Waals surface area contributed by atoms with Crippen molar-refractivity contribution < 1.29 is 13.6 Å². The average Bonchev–Trinajstić information content (AvgIpc) is 3.47. The predicted octanol–water partition coefficient (Wildman–Crippen LogP) is 4.36. The summed E-state index contributed by atoms with van der Waals surface area (Å²) < 4.78 is 29.9. The molecule has 0 aliphatic carbocycles. The van der Waals surface area contributed by atoms with Gasteiger partial charge in [-0.15, -0.1) is 0 Å². The van der Waals surface area contributed by atoms with Gasteiger partial charge in [-0.25, -0.2) is 13.3 Å². The van der Waals surface area contributed by atoms with Gasteiger partial charge in [0, 0.05) is 37.1 Å². The Morgan fingerprint density at radius 2 is 2.03 bits per heavy atom. The van der Waals surface area contributed by atoms with Crippen molar-refractivity contribution in [1.82, 2.24) is 14.5 Å². The summed E-state index contributed by atoms with van der Waals surface area (Å²) in [6.45, 7) is 5.95. The number of anilines is 1. The molecule has 0 N–H and O–H groups in total. The summed E-state index contributed by atoms with van der Waals surface area (Å²) in [6, 6.07) is 7.18. The smallest absolute Gasteiger partial charge is 0.257 e. The fourth-order valence-electron chi connectivity index (χ4n) is 4.55. The number of hydrogen-bond donors (Lipinski definition) is 0. The molecule has 0 radical (unpaired) electrons. The van der Waals surface area contributed by atoms with Crippen LogP contribution in [-0.4, -0.2) is 40.1 Å². The second-order valence-corrected chi connectivity index (χ2v) is 8.02. The molecule has 30 heavy (non-hydrogen) atoms. The molecule has 2 aliphatic rings. The maximum absolute atomic E-state index is 14.4. The van der Waals surface area contributed by atoms with Crippen LogP contribution in [0.25, 0.3) is 5.52 Å². The molecule has 4 heterocycles. The minimum Gasteiger partial charge on any atom is -0.364 e. The summed E-state index contributed by atoms with van der Waals surface area (Å²) in [6.07, 6.45) is 5.85. The SMILES string of the molecule is C=C1CCN(C(=O)c2cnn3ccc(N4CCCC4c4cc(F)ccc4F)cc23)C1. The number of amides is 1. The lowest BCUT2D eigenvalue weighted by molar-refractivity contribution is 0.0798. The van der Waals surface area contributed by atoms with Crippen LogP contribution in [0.1, 0.15) is 41.2 Å². The zero-order valence-corrected chi connectivity index (χ0v) is 16.5. The molecule has 2 fully saturated rings. The first-order chi connectivity index (χ1) is 14.5. The first-order valence-electron chi connectivity index (χ1n) is 10.2. The Kier molecular flexibility index (Phi) is 4.53. The van der Waals surface area contributed by atoms with Gasteiger partial charge in [0.05, 0.1) is 23.3 Å². The zero-order valence-electron chi connectivity index (χ0n) is 16.5. The fraction of sp³-hybridized carbons (Fsp3) is 0.304. The van der Waals surface area contributed by atoms with E-state index in [1.165, 1.54) is 12.1 Å². The minimum absolute atomic E-state index is 0.0602. The van der Waals surface area contributed by atoms with Crippen molar-refractivity contribution in [1.29, 1.82) is 0 Å². The number of fused-ring (bicyclic) bond motifs is 1. The maximum Gasteiger partial charge on any atom is 0.257 e. The van der Waals surface area contributed by atoms with Crippen LogP contribution in [0.15, 0.2) is 54.9 Å². The molecule has 0 bridgehead atoms. The van der Waals surface area contributed by atoms with E-state index in [1.807, 2.05) is 18.3 Å². The molecular formula is C23H22F2N4O. The predicted molar refractivity (Wildman–Crippen MR) is 111 cm³/mol. The van der Waals surface area contributed by atoms with Crippen LogP contribution in [0.5, 0.6) is 0 Å². The van der Waals surface area contributed by atoms with Crippen LogP contribution in [0.2, 0.25) is 0 Å². The molecule has 154 valence electrons. The standard InChI is InChI=1S/C23H22F2N4O/c1-15-6-9-27(14-15)23(30)19-13-26-29-10-7-17(12-22(19)29)28-8-2-3-21(28)18-11-16(24)4-5-20(18)25/h4-5,7,10-13,21H,1-3,6,8-9,14H2. The van der Waals surface area contributed by atoms with Crippen molar-refractivity contribution in [2.24, 2.45) is 0 Å². The van der Waals surface area contributed by atoms with E-state index in [4.69, 9.17) is 0 Å². The summed E-state index contributed by atoms with van der Waals surface area (Å²) in [5.74, 6) is -0.900. The van der Waals surface area contributed by atoms with Crippen LogP contribution in [0.4, 0.5) is 14.5 Å². The van der Waals surface area contributed by atoms with Crippen LogP contribution in [0.3, 0.4) is 0 Å². The van der Waals surface area contributed by atoms with E-state index in [9.17, 15) is 13.6 Å². The van der Waals surface area contributed by atoms with Gasteiger partial charge in [0.15, 0.2) is 0 Å². The first-order valence-corrected chi connectivity index (χ1v) is 10.2. The number of rotatable bonds is 3. The molecule has 7 heteroatoms. The highest BCUT2D eigenvalue weighted by Gasteiger charge is 2.30. The first kappa shape index (κ1) is 18.8. The Hall–Kier alpha value is -3.22. The Bertz CT molecular complexity index is 1160. The highest BCUT2D eigenvalue weighted by Crippen LogP contribution is 2.38. The van der Waals surface area contributed by atoms with Gasteiger partial charge in [-0.1, -0.05) is 12.2 Å². The number of pyridine rings is 1. The third-order valence-electron chi connectivity index (χ3n) is 6.07. The number of carbonyl (C=O) groups excluding carboxylic acids is 1. The van der Waals surface area contributed by atoms with Gasteiger partial charge in [0.25, 0.3) is 5.91 Å². The summed E-state index contributed by atoms with van der Waals surface area (Å²) in [5.41, 5.74) is 3.54. The Morgan fingerprint density at radius 1 is 1.17 bits per heavy atom. The number of halogens is 2. The summed E-state index contributed by atoms with van der Waals surface area (Å²) >= 11 is 0. The molecule has 1 atom stereocenters. The van der Waals surface area contributed by atoms with Gasteiger partial charge < -0.3 is 9.80 Å². The number of likely N-dealkylation sites (tertiary alicyclic amines) is 1. The van der Waals surface area contributed by atoms with Crippen molar-refractivity contribution in [2.75, 3.05) is 24.5 Å². The second-order valence-electron chi connectivity index (χ2n) is 8.02. The zero-order chi connectivity index (χ0) is 20.8. The van der Waals surface area contributed by atoms with Gasteiger partial charge >= 0.3 is 0 Å². The second kappa shape index (κ2) is 7.23. The largest absolute Gasteiger partial charge is 0.364 e. The quantitative estimate of drug-likeness (QED) is 0.605. The van der Waals surface area contributed by atoms with Gasteiger partial charge in [0.1, 0.15) is 11.6 Å². The van der Waals surface area contributed by atoms with Gasteiger partial charge in [-0.3, -0.25) is 4.79 Å². The fourth-order valence-corrected chi connectivity index (χ4v) is 4.55. The molecule has 5 rings (SSSR count). The summed E-state index contributed by atoms with van der Waals surface area (Å²) in [7, 11) is 0. The monoisotopic (exact) mass is 408 g/mol. The molecule has 5 nitrogen and oxygen atoms in total. The van der Waals surface area contributed by atoms with E-state index < -0.39 is 11.6 Å². The molecule has 3 aromatic rings. The van der Waals surface area contributed by atoms with Crippen molar-refractivity contribution >= 4 is 17.1 Å². The molecule has 2 aliphatic heterocycles. The van der Waals surface area contributed by atoms with E-state index in [0.717, 1.165) is 43.1 Å². The van der Waals surface area contributed by atoms with Crippen LogP contribution < -0.4 is 4.90 Å². The number of benzene rings is 1. The Labute approximate surface area is 173 Å². The molecular weight excluding hydrogens is 386 g/mol. The number of carbonyl (C=O) groups is 1. The molecule has 1 unspecified atom stereocenters. The van der Waals surface area contributed by atoms with Crippen molar-refractivity contribution in [3.63, 3.8) is 0 Å². The lowest BCUT2D eigenvalue weighted by Crippen LogP contribution is -2.27. The highest BCUT2D eigenvalue weighted by molar-refractivity contribution is 6.01. The number of hydrogen-bond acceptors (Lipinski definition) is 3. The third kappa shape index (κ3) is 3.14. The number of aromatic nitrogens is 2. The minimum atomic E-state index is -0.440. The lowest BCUT2D eigenvalue weighted by Gasteiger charge is -2.27. The molecule has 0 saturated carbocycles. The van der Waals surface area contributed by atoms with Crippen molar-refractivity contribution in [2.45, 2.75) is 25.3 Å². The van der Waals surface area contributed by atoms with Gasteiger partial charge in [-0.05, 0) is 49.6 Å². The number of nitrogens with zero attached hydrogens (tertiary/aromatic N) is 4. The molecule has 1 aromatic carbocycles. The van der Waals surface area contributed by atoms with Gasteiger partial charge in [0.2, 0.25) is 0 Å². The van der Waals surface area contributed by atoms with E-state index in [-0.39, 0.29) is 11.9 Å². The molecule has 0 spiro atoms. The Morgan fingerprint density at radius 3 is 2.83 bits per heavy atom. The maximum atomic E-state index is 14.4. The Balaban J connectivity index is 1.51. The molecule has 2 aromatic heterocycles. The third-order valence-corrected chi connectivity index (χ3v) is 6.07. The molecule has 1 amide bonds. The van der Waals surface area contributed by atoms with E-state index in [1.54, 1.807) is 15.6 Å². The summed E-state index contributed by atoms with van der Waals surface area (Å²) in [5, 5.41) is 4.32. The highest BCUT2D eigenvalue weighted by atomic mass is 19.1. The normalized spacial score (nSPS) is 19.3. The average molecular weight is 408 g/mol. The van der Waals surface area contributed by atoms with E-state index in [0.29, 0.717) is 29.7 Å². The van der Waals surface area contributed by atoms with Crippen LogP contribution >= 0.6 is 0 Å². The van der Waals surface area contributed by atoms with Crippen LogP contribution in [-0.2, 0) is 0 Å². The van der Waals surface area contributed by atoms with Crippen molar-refractivity contribution in [3.8, 4) is 0 Å². The van der Waals surface area contributed by atoms with E-state index in [2.05, 4.69) is 16.6 Å². The van der Waals surface area contributed by atoms with E-state index >= 15 is 0 Å². The summed E-state index contributed by atoms with van der Waals surface area (Å²) in [4.78, 5) is 16.9. The van der Waals surface area contributed by atoms with Crippen LogP contribution in [0, 0.1) is 11.6 Å². The van der Waals surface area contributed by atoms with Crippen molar-refractivity contribution in [3.05, 3.63) is 77.6 Å². The topological polar surface area (TPSA) is 40.9 Å². The molecule has 2 saturated heterocycles. The lowest BCUT2D eigenvalue weighted by atomic mass is 10.0.